The van der Waals surface area contributed by atoms with Crippen molar-refractivity contribution in [3.8, 4) is 11.5 Å². The normalized spacial score (nSPS) is 10.8. The number of thioether (sulfide) groups is 1. The van der Waals surface area contributed by atoms with E-state index in [1.54, 1.807) is 24.3 Å². The molecule has 24 heavy (non-hydrogen) atoms. The summed E-state index contributed by atoms with van der Waals surface area (Å²) in [5, 5.41) is 11.6. The Morgan fingerprint density at radius 3 is 2.62 bits per heavy atom. The van der Waals surface area contributed by atoms with E-state index in [1.165, 1.54) is 11.8 Å². The number of anilines is 1. The summed E-state index contributed by atoms with van der Waals surface area (Å²) in [4.78, 5) is 11.9. The Morgan fingerprint density at radius 2 is 1.96 bits per heavy atom. The molecule has 124 valence electrons. The van der Waals surface area contributed by atoms with Gasteiger partial charge in [0.15, 0.2) is 0 Å². The van der Waals surface area contributed by atoms with E-state index >= 15 is 0 Å². The van der Waals surface area contributed by atoms with Crippen molar-refractivity contribution < 1.29 is 13.6 Å². The van der Waals surface area contributed by atoms with Gasteiger partial charge in [0.2, 0.25) is 5.91 Å². The molecule has 0 unspecified atom stereocenters. The molecule has 8 heteroatoms. The lowest BCUT2D eigenvalue weighted by atomic mass is 10.2. The van der Waals surface area contributed by atoms with Crippen LogP contribution in [0, 0.1) is 13.8 Å². The summed E-state index contributed by atoms with van der Waals surface area (Å²) in [5.41, 5.74) is 1.44. The zero-order valence-electron chi connectivity index (χ0n) is 13.0. The van der Waals surface area contributed by atoms with Crippen LogP contribution in [0.5, 0.6) is 0 Å². The third-order valence-corrected chi connectivity index (χ3v) is 4.20. The van der Waals surface area contributed by atoms with Crippen molar-refractivity contribution in [2.75, 3.05) is 11.1 Å². The lowest BCUT2D eigenvalue weighted by Crippen LogP contribution is -2.13. The molecule has 1 N–H and O–H groups in total. The second kappa shape index (κ2) is 7.11. The summed E-state index contributed by atoms with van der Waals surface area (Å²) >= 11 is 6.97. The molecule has 2 aromatic heterocycles. The Labute approximate surface area is 147 Å². The lowest BCUT2D eigenvalue weighted by molar-refractivity contribution is -0.113. The number of halogens is 1. The van der Waals surface area contributed by atoms with Gasteiger partial charge < -0.3 is 14.2 Å². The monoisotopic (exact) mass is 363 g/mol. The predicted octanol–water partition coefficient (Wildman–Crippen LogP) is 4.33. The average molecular weight is 364 g/mol. The smallest absolute Gasteiger partial charge is 0.277 e. The van der Waals surface area contributed by atoms with E-state index in [9.17, 15) is 4.79 Å². The van der Waals surface area contributed by atoms with Gasteiger partial charge in [-0.25, -0.2) is 0 Å². The predicted molar refractivity (Wildman–Crippen MR) is 92.3 cm³/mol. The number of hydrogen-bond donors (Lipinski definition) is 1. The number of nitrogens with zero attached hydrogens (tertiary/aromatic N) is 2. The molecule has 3 rings (SSSR count). The zero-order chi connectivity index (χ0) is 17.1. The molecule has 0 fully saturated rings. The van der Waals surface area contributed by atoms with Crippen LogP contribution in [-0.2, 0) is 4.79 Å². The standard InChI is InChI=1S/C16H14ClN3O3S/c1-9-7-13(10(2)22-9)15-19-20-16(23-15)24-8-14(21)18-12-5-3-11(17)4-6-12/h3-7H,8H2,1-2H3,(H,18,21). The molecule has 1 amide bonds. The quantitative estimate of drug-likeness (QED) is 0.679. The highest BCUT2D eigenvalue weighted by atomic mass is 35.5. The molecule has 0 aliphatic carbocycles. The van der Waals surface area contributed by atoms with Gasteiger partial charge in [0.25, 0.3) is 11.1 Å². The number of furan rings is 1. The van der Waals surface area contributed by atoms with Gasteiger partial charge in [0.1, 0.15) is 11.5 Å². The molecule has 0 atom stereocenters. The van der Waals surface area contributed by atoms with Crippen LogP contribution in [0.1, 0.15) is 11.5 Å². The van der Waals surface area contributed by atoms with E-state index in [-0.39, 0.29) is 11.7 Å². The van der Waals surface area contributed by atoms with Crippen LogP contribution in [0.2, 0.25) is 5.02 Å². The number of aryl methyl sites for hydroxylation is 2. The summed E-state index contributed by atoms with van der Waals surface area (Å²) in [6, 6.07) is 8.73. The number of rotatable bonds is 5. The van der Waals surface area contributed by atoms with E-state index in [4.69, 9.17) is 20.4 Å². The highest BCUT2D eigenvalue weighted by Gasteiger charge is 2.15. The Morgan fingerprint density at radius 1 is 1.21 bits per heavy atom. The van der Waals surface area contributed by atoms with Gasteiger partial charge in [-0.1, -0.05) is 23.4 Å². The molecule has 0 saturated carbocycles. The highest BCUT2D eigenvalue weighted by molar-refractivity contribution is 7.99. The maximum atomic E-state index is 11.9. The van der Waals surface area contributed by atoms with Crippen LogP contribution >= 0.6 is 23.4 Å². The van der Waals surface area contributed by atoms with Crippen molar-refractivity contribution >= 4 is 35.0 Å². The number of carbonyl (C=O) groups is 1. The summed E-state index contributed by atoms with van der Waals surface area (Å²) in [6.07, 6.45) is 0. The minimum Gasteiger partial charge on any atom is -0.466 e. The molecule has 0 saturated heterocycles. The maximum absolute atomic E-state index is 11.9. The molecule has 0 bridgehead atoms. The number of carbonyl (C=O) groups excluding carboxylic acids is 1. The first-order valence-electron chi connectivity index (χ1n) is 7.10. The minimum atomic E-state index is -0.169. The molecule has 0 spiro atoms. The fourth-order valence-electron chi connectivity index (χ4n) is 2.08. The second-order valence-corrected chi connectivity index (χ2v) is 6.41. The molecule has 3 aromatic rings. The Balaban J connectivity index is 1.58. The topological polar surface area (TPSA) is 81.2 Å². The maximum Gasteiger partial charge on any atom is 0.277 e. The summed E-state index contributed by atoms with van der Waals surface area (Å²) in [7, 11) is 0. The Bertz CT molecular complexity index is 858. The minimum absolute atomic E-state index is 0.160. The SMILES string of the molecule is Cc1cc(-c2nnc(SCC(=O)Nc3ccc(Cl)cc3)o2)c(C)o1. The second-order valence-electron chi connectivity index (χ2n) is 5.04. The number of amides is 1. The summed E-state index contributed by atoms with van der Waals surface area (Å²) in [5.74, 6) is 1.86. The van der Waals surface area contributed by atoms with Gasteiger partial charge in [-0.3, -0.25) is 4.79 Å². The van der Waals surface area contributed by atoms with Crippen molar-refractivity contribution in [2.45, 2.75) is 19.1 Å². The van der Waals surface area contributed by atoms with E-state index in [0.29, 0.717) is 27.6 Å². The first kappa shape index (κ1) is 16.6. The van der Waals surface area contributed by atoms with Crippen molar-refractivity contribution in [1.82, 2.24) is 10.2 Å². The molecule has 0 aliphatic heterocycles. The van der Waals surface area contributed by atoms with Gasteiger partial charge in [0.05, 0.1) is 11.3 Å². The zero-order valence-corrected chi connectivity index (χ0v) is 14.6. The van der Waals surface area contributed by atoms with E-state index in [2.05, 4.69) is 15.5 Å². The molecular formula is C16H14ClN3O3S. The average Bonchev–Trinajstić information content (AvgIpc) is 3.13. The van der Waals surface area contributed by atoms with Crippen LogP contribution in [0.25, 0.3) is 11.5 Å². The number of nitrogens with one attached hydrogen (secondary N) is 1. The van der Waals surface area contributed by atoms with Crippen LogP contribution in [0.3, 0.4) is 0 Å². The summed E-state index contributed by atoms with van der Waals surface area (Å²) < 4.78 is 11.0. The van der Waals surface area contributed by atoms with Crippen molar-refractivity contribution in [2.24, 2.45) is 0 Å². The fraction of sp³-hybridized carbons (Fsp3) is 0.188. The molecule has 1 aromatic carbocycles. The van der Waals surface area contributed by atoms with Crippen LogP contribution in [0.15, 0.2) is 44.4 Å². The first-order valence-corrected chi connectivity index (χ1v) is 8.47. The van der Waals surface area contributed by atoms with E-state index in [1.807, 2.05) is 19.9 Å². The Hall–Kier alpha value is -2.25. The highest BCUT2D eigenvalue weighted by Crippen LogP contribution is 2.28. The van der Waals surface area contributed by atoms with Crippen molar-refractivity contribution in [3.63, 3.8) is 0 Å². The van der Waals surface area contributed by atoms with Gasteiger partial charge in [-0.15, -0.1) is 10.2 Å². The van der Waals surface area contributed by atoms with Crippen LogP contribution in [-0.4, -0.2) is 21.9 Å². The van der Waals surface area contributed by atoms with Gasteiger partial charge in [0, 0.05) is 10.7 Å². The van der Waals surface area contributed by atoms with Crippen LogP contribution < -0.4 is 5.32 Å². The fourth-order valence-corrected chi connectivity index (χ4v) is 2.77. The first-order chi connectivity index (χ1) is 11.5. The third-order valence-electron chi connectivity index (χ3n) is 3.13. The third kappa shape index (κ3) is 3.98. The van der Waals surface area contributed by atoms with E-state index < -0.39 is 0 Å². The lowest BCUT2D eigenvalue weighted by Gasteiger charge is -2.03. The molecule has 0 radical (unpaired) electrons. The largest absolute Gasteiger partial charge is 0.466 e. The van der Waals surface area contributed by atoms with Gasteiger partial charge >= 0.3 is 0 Å². The van der Waals surface area contributed by atoms with E-state index in [0.717, 1.165) is 11.3 Å². The number of benzene rings is 1. The summed E-state index contributed by atoms with van der Waals surface area (Å²) in [6.45, 7) is 3.68. The molecule has 6 nitrogen and oxygen atoms in total. The van der Waals surface area contributed by atoms with Gasteiger partial charge in [-0.05, 0) is 44.2 Å². The number of hydrogen-bond acceptors (Lipinski definition) is 6. The number of aromatic nitrogens is 2. The van der Waals surface area contributed by atoms with Gasteiger partial charge in [-0.2, -0.15) is 0 Å². The Kier molecular flexibility index (Phi) is 4.92. The van der Waals surface area contributed by atoms with Crippen molar-refractivity contribution in [1.29, 1.82) is 0 Å². The molecule has 0 aliphatic rings. The van der Waals surface area contributed by atoms with Crippen LogP contribution in [0.4, 0.5) is 5.69 Å². The van der Waals surface area contributed by atoms with Crippen molar-refractivity contribution in [3.05, 3.63) is 46.9 Å². The molecular weight excluding hydrogens is 350 g/mol. The molecule has 2 heterocycles.